The van der Waals surface area contributed by atoms with Crippen molar-refractivity contribution < 1.29 is 4.79 Å². The van der Waals surface area contributed by atoms with E-state index in [1.807, 2.05) is 41.3 Å². The van der Waals surface area contributed by atoms with Crippen molar-refractivity contribution in [2.75, 3.05) is 11.9 Å². The number of para-hydroxylation sites is 1. The van der Waals surface area contributed by atoms with E-state index >= 15 is 0 Å². The Morgan fingerprint density at radius 1 is 1.00 bits per heavy atom. The number of H-pyrrole nitrogens is 1. The Labute approximate surface area is 232 Å². The highest BCUT2D eigenvalue weighted by Crippen LogP contribution is 2.27. The van der Waals surface area contributed by atoms with E-state index in [4.69, 9.17) is 28.6 Å². The number of aromatic nitrogens is 4. The summed E-state index contributed by atoms with van der Waals surface area (Å²) >= 11 is 12.5. The van der Waals surface area contributed by atoms with Crippen LogP contribution in [0.1, 0.15) is 21.5 Å². The predicted molar refractivity (Wildman–Crippen MR) is 150 cm³/mol. The number of benzene rings is 3. The van der Waals surface area contributed by atoms with E-state index in [0.29, 0.717) is 29.7 Å². The van der Waals surface area contributed by atoms with Crippen LogP contribution in [-0.4, -0.2) is 36.9 Å². The number of hydrogen-bond acceptors (Lipinski definition) is 6. The number of aromatic amines is 1. The molecule has 1 amide bonds. The zero-order chi connectivity index (χ0) is 27.1. The van der Waals surface area contributed by atoms with Gasteiger partial charge < -0.3 is 10.2 Å². The number of fused-ring (bicyclic) bond motifs is 2. The van der Waals surface area contributed by atoms with Crippen molar-refractivity contribution in [3.8, 4) is 5.69 Å². The highest BCUT2D eigenvalue weighted by Gasteiger charge is 2.24. The lowest BCUT2D eigenvalue weighted by Gasteiger charge is -2.29. The predicted octanol–water partition coefficient (Wildman–Crippen LogP) is 4.84. The van der Waals surface area contributed by atoms with Crippen LogP contribution in [0.25, 0.3) is 16.7 Å². The maximum atomic E-state index is 13.1. The molecular formula is C28H21Cl2N7O2. The monoisotopic (exact) mass is 557 g/mol. The van der Waals surface area contributed by atoms with Gasteiger partial charge in [0.05, 0.1) is 21.1 Å². The first-order valence-electron chi connectivity index (χ1n) is 12.1. The van der Waals surface area contributed by atoms with Crippen LogP contribution in [0.5, 0.6) is 0 Å². The maximum absolute atomic E-state index is 13.1. The molecule has 2 aromatic heterocycles. The molecule has 3 N–H and O–H groups in total. The van der Waals surface area contributed by atoms with Crippen molar-refractivity contribution in [1.82, 2.24) is 24.4 Å². The zero-order valence-electron chi connectivity index (χ0n) is 20.4. The quantitative estimate of drug-likeness (QED) is 0.285. The average molecular weight is 558 g/mol. The van der Waals surface area contributed by atoms with Gasteiger partial charge in [0.2, 0.25) is 5.95 Å². The molecule has 0 saturated heterocycles. The molecule has 39 heavy (non-hydrogen) atoms. The molecule has 0 spiro atoms. The van der Waals surface area contributed by atoms with Crippen LogP contribution >= 0.6 is 23.2 Å². The van der Waals surface area contributed by atoms with Gasteiger partial charge in [0.15, 0.2) is 5.65 Å². The summed E-state index contributed by atoms with van der Waals surface area (Å²) in [5.74, 6) is 0.236. The van der Waals surface area contributed by atoms with Crippen LogP contribution in [0.4, 0.5) is 11.6 Å². The molecule has 0 aliphatic carbocycles. The molecule has 0 fully saturated rings. The van der Waals surface area contributed by atoms with Crippen LogP contribution in [-0.2, 0) is 13.0 Å². The summed E-state index contributed by atoms with van der Waals surface area (Å²) in [4.78, 5) is 39.3. The van der Waals surface area contributed by atoms with Gasteiger partial charge in [-0.05, 0) is 47.9 Å². The number of anilines is 2. The average Bonchev–Trinajstić information content (AvgIpc) is 2.92. The third-order valence-corrected chi connectivity index (χ3v) is 7.21. The Bertz CT molecular complexity index is 1850. The molecule has 0 radical (unpaired) electrons. The number of amides is 1. The third kappa shape index (κ3) is 4.67. The Morgan fingerprint density at radius 2 is 1.77 bits per heavy atom. The van der Waals surface area contributed by atoms with Crippen LogP contribution in [0.2, 0.25) is 10.0 Å². The molecular weight excluding hydrogens is 537 g/mol. The molecule has 0 atom stereocenters. The second-order valence-electron chi connectivity index (χ2n) is 9.10. The van der Waals surface area contributed by atoms with Crippen molar-refractivity contribution in [3.05, 3.63) is 116 Å². The first-order chi connectivity index (χ1) is 18.9. The van der Waals surface area contributed by atoms with Gasteiger partial charge in [-0.1, -0.05) is 59.6 Å². The summed E-state index contributed by atoms with van der Waals surface area (Å²) in [6, 6.07) is 20.3. The minimum atomic E-state index is -0.612. The highest BCUT2D eigenvalue weighted by molar-refractivity contribution is 6.37. The third-order valence-electron chi connectivity index (χ3n) is 6.60. The Balaban J connectivity index is 1.27. The van der Waals surface area contributed by atoms with Crippen molar-refractivity contribution in [2.45, 2.75) is 13.0 Å². The largest absolute Gasteiger partial charge is 0.334 e. The minimum Gasteiger partial charge on any atom is -0.334 e. The van der Waals surface area contributed by atoms with Crippen molar-refractivity contribution in [3.63, 3.8) is 0 Å². The summed E-state index contributed by atoms with van der Waals surface area (Å²) in [6.45, 7) is 1.20. The van der Waals surface area contributed by atoms with Crippen LogP contribution in [0.15, 0.2) is 77.7 Å². The van der Waals surface area contributed by atoms with Crippen LogP contribution in [0.3, 0.4) is 0 Å². The van der Waals surface area contributed by atoms with Gasteiger partial charge in [0.25, 0.3) is 5.91 Å². The lowest BCUT2D eigenvalue weighted by Crippen LogP contribution is -2.37. The molecule has 9 nitrogen and oxygen atoms in total. The number of halogens is 2. The second kappa shape index (κ2) is 10.0. The van der Waals surface area contributed by atoms with Gasteiger partial charge in [-0.2, -0.15) is 4.98 Å². The van der Waals surface area contributed by atoms with E-state index < -0.39 is 5.69 Å². The summed E-state index contributed by atoms with van der Waals surface area (Å²) < 4.78 is 1.09. The number of carbonyl (C=O) groups excluding carboxylic acids is 1. The Hall–Kier alpha value is -4.47. The SMILES string of the molecule is N=c1c2cnc(Nc3ccc4c(c3)CCN(Cc3ccccc3)C4=O)nc2[nH]c(=O)n1-c1c(Cl)cccc1Cl. The first-order valence-corrected chi connectivity index (χ1v) is 12.9. The second-order valence-corrected chi connectivity index (χ2v) is 9.91. The number of hydrogen-bond donors (Lipinski definition) is 3. The Kier molecular flexibility index (Phi) is 6.38. The molecule has 1 aliphatic rings. The van der Waals surface area contributed by atoms with E-state index in [1.165, 1.54) is 6.20 Å². The number of nitrogens with one attached hydrogen (secondary N) is 3. The lowest BCUT2D eigenvalue weighted by atomic mass is 9.97. The molecule has 6 rings (SSSR count). The zero-order valence-corrected chi connectivity index (χ0v) is 21.9. The fourth-order valence-corrected chi connectivity index (χ4v) is 5.27. The van der Waals surface area contributed by atoms with Gasteiger partial charge in [-0.25, -0.2) is 14.3 Å². The topological polar surface area (TPSA) is 120 Å². The molecule has 5 aromatic rings. The molecule has 0 saturated carbocycles. The summed E-state index contributed by atoms with van der Waals surface area (Å²) in [7, 11) is 0. The summed E-state index contributed by atoms with van der Waals surface area (Å²) in [5, 5.41) is 12.5. The van der Waals surface area contributed by atoms with E-state index in [-0.39, 0.29) is 38.7 Å². The lowest BCUT2D eigenvalue weighted by molar-refractivity contribution is 0.0727. The van der Waals surface area contributed by atoms with E-state index in [1.54, 1.807) is 30.3 Å². The smallest absolute Gasteiger partial charge is 0.333 e. The van der Waals surface area contributed by atoms with Gasteiger partial charge in [-0.3, -0.25) is 15.2 Å². The van der Waals surface area contributed by atoms with E-state index in [0.717, 1.165) is 22.1 Å². The van der Waals surface area contributed by atoms with Gasteiger partial charge >= 0.3 is 5.69 Å². The van der Waals surface area contributed by atoms with Gasteiger partial charge in [0.1, 0.15) is 5.49 Å². The van der Waals surface area contributed by atoms with E-state index in [2.05, 4.69) is 20.3 Å². The van der Waals surface area contributed by atoms with Gasteiger partial charge in [0, 0.05) is 30.5 Å². The number of nitrogens with zero attached hydrogens (tertiary/aromatic N) is 4. The number of rotatable bonds is 5. The molecule has 194 valence electrons. The highest BCUT2D eigenvalue weighted by atomic mass is 35.5. The van der Waals surface area contributed by atoms with Crippen LogP contribution in [0, 0.1) is 5.41 Å². The fourth-order valence-electron chi connectivity index (χ4n) is 4.70. The van der Waals surface area contributed by atoms with Crippen LogP contribution < -0.4 is 16.5 Å². The van der Waals surface area contributed by atoms with Crippen molar-refractivity contribution in [2.24, 2.45) is 0 Å². The molecule has 3 aromatic carbocycles. The maximum Gasteiger partial charge on any atom is 0.333 e. The molecule has 0 unspecified atom stereocenters. The first kappa shape index (κ1) is 24.8. The summed E-state index contributed by atoms with van der Waals surface area (Å²) in [6.07, 6.45) is 2.18. The molecule has 11 heteroatoms. The van der Waals surface area contributed by atoms with Crippen molar-refractivity contribution in [1.29, 1.82) is 5.41 Å². The number of carbonyl (C=O) groups is 1. The fraction of sp³-hybridized carbons (Fsp3) is 0.107. The molecule has 0 bridgehead atoms. The summed E-state index contributed by atoms with van der Waals surface area (Å²) in [5.41, 5.74) is 3.05. The Morgan fingerprint density at radius 3 is 2.54 bits per heavy atom. The van der Waals surface area contributed by atoms with E-state index in [9.17, 15) is 9.59 Å². The van der Waals surface area contributed by atoms with Crippen molar-refractivity contribution >= 4 is 51.8 Å². The molecule has 1 aliphatic heterocycles. The van der Waals surface area contributed by atoms with Gasteiger partial charge in [-0.15, -0.1) is 0 Å². The minimum absolute atomic E-state index is 0.00101. The normalized spacial score (nSPS) is 13.0. The molecule has 3 heterocycles. The standard InChI is InChI=1S/C28H21Cl2N7O2/c29-21-7-4-8-22(30)23(21)37-24(31)20-14-32-27(34-25(20)35-28(37)39)33-18-9-10-19-17(13-18)11-12-36(26(19)38)15-16-5-2-1-3-6-16/h1-10,13-14,31H,11-12,15H2,(H2,32,33,34,35,39).